The molecular formula is C11H19N3O2. The Kier molecular flexibility index (Phi) is 2.88. The normalized spacial score (nSPS) is 27.4. The van der Waals surface area contributed by atoms with E-state index >= 15 is 0 Å². The lowest BCUT2D eigenvalue weighted by Crippen LogP contribution is -2.51. The van der Waals surface area contributed by atoms with E-state index in [1.165, 1.54) is 0 Å². The number of hydrogen-bond acceptors (Lipinski definition) is 3. The Morgan fingerprint density at radius 3 is 2.38 bits per heavy atom. The Morgan fingerprint density at radius 1 is 1.31 bits per heavy atom. The lowest BCUT2D eigenvalue weighted by molar-refractivity contribution is -0.146. The molecule has 2 aliphatic rings. The summed E-state index contributed by atoms with van der Waals surface area (Å²) in [7, 11) is 0. The second-order valence-corrected chi connectivity index (χ2v) is 5.26. The van der Waals surface area contributed by atoms with Gasteiger partial charge in [0.2, 0.25) is 0 Å². The molecule has 0 aromatic carbocycles. The molecule has 2 rings (SSSR count). The maximum atomic E-state index is 11.8. The Balaban J connectivity index is 1.82. The van der Waals surface area contributed by atoms with Gasteiger partial charge in [0.15, 0.2) is 0 Å². The molecule has 2 amide bonds. The van der Waals surface area contributed by atoms with Gasteiger partial charge in [-0.1, -0.05) is 13.8 Å². The average molecular weight is 225 g/mol. The van der Waals surface area contributed by atoms with E-state index in [2.05, 4.69) is 24.5 Å². The maximum absolute atomic E-state index is 11.8. The van der Waals surface area contributed by atoms with Crippen LogP contribution in [0.3, 0.4) is 0 Å². The number of rotatable bonds is 1. The van der Waals surface area contributed by atoms with Crippen LogP contribution in [0.1, 0.15) is 20.3 Å². The van der Waals surface area contributed by atoms with Gasteiger partial charge in [0.05, 0.1) is 0 Å². The van der Waals surface area contributed by atoms with Crippen LogP contribution in [0.2, 0.25) is 0 Å². The lowest BCUT2D eigenvalue weighted by Gasteiger charge is -2.26. The van der Waals surface area contributed by atoms with Gasteiger partial charge in [-0.3, -0.25) is 9.59 Å². The molecule has 1 aliphatic heterocycles. The number of amides is 2. The zero-order valence-corrected chi connectivity index (χ0v) is 9.88. The summed E-state index contributed by atoms with van der Waals surface area (Å²) in [5.74, 6) is -0.832. The first-order valence-electron chi connectivity index (χ1n) is 5.81. The second kappa shape index (κ2) is 4.05. The van der Waals surface area contributed by atoms with Gasteiger partial charge in [-0.05, 0) is 11.8 Å². The molecule has 1 atom stereocenters. The first-order chi connectivity index (χ1) is 7.50. The summed E-state index contributed by atoms with van der Waals surface area (Å²) in [5, 5.41) is 5.94. The standard InChI is InChI=1S/C11H19N3O2/c1-11(2)7-8(11)13-9(15)10(16)14-5-3-12-4-6-14/h8,12H,3-7H2,1-2H3,(H,13,15). The molecule has 1 unspecified atom stereocenters. The molecule has 1 heterocycles. The minimum atomic E-state index is -0.447. The zero-order valence-electron chi connectivity index (χ0n) is 9.88. The summed E-state index contributed by atoms with van der Waals surface area (Å²) >= 11 is 0. The molecule has 5 nitrogen and oxygen atoms in total. The van der Waals surface area contributed by atoms with Crippen LogP contribution >= 0.6 is 0 Å². The molecule has 2 N–H and O–H groups in total. The summed E-state index contributed by atoms with van der Waals surface area (Å²) in [6, 6.07) is 0.173. The predicted molar refractivity (Wildman–Crippen MR) is 59.8 cm³/mol. The van der Waals surface area contributed by atoms with Crippen molar-refractivity contribution >= 4 is 11.8 Å². The van der Waals surface area contributed by atoms with Gasteiger partial charge in [0.25, 0.3) is 0 Å². The average Bonchev–Trinajstić information content (AvgIpc) is 2.86. The van der Waals surface area contributed by atoms with Gasteiger partial charge in [0, 0.05) is 32.2 Å². The van der Waals surface area contributed by atoms with E-state index in [9.17, 15) is 9.59 Å². The largest absolute Gasteiger partial charge is 0.345 e. The summed E-state index contributed by atoms with van der Waals surface area (Å²) in [5.41, 5.74) is 0.166. The second-order valence-electron chi connectivity index (χ2n) is 5.26. The van der Waals surface area contributed by atoms with Crippen LogP contribution in [-0.4, -0.2) is 48.9 Å². The molecule has 1 aliphatic carbocycles. The molecule has 0 radical (unpaired) electrons. The van der Waals surface area contributed by atoms with Crippen LogP contribution in [0.4, 0.5) is 0 Å². The zero-order chi connectivity index (χ0) is 11.8. The number of carbonyl (C=O) groups is 2. The minimum Gasteiger partial charge on any atom is -0.345 e. The monoisotopic (exact) mass is 225 g/mol. The first kappa shape index (κ1) is 11.4. The van der Waals surface area contributed by atoms with Crippen molar-refractivity contribution in [2.45, 2.75) is 26.3 Å². The van der Waals surface area contributed by atoms with Crippen molar-refractivity contribution in [2.24, 2.45) is 5.41 Å². The van der Waals surface area contributed by atoms with Crippen molar-refractivity contribution in [1.82, 2.24) is 15.5 Å². The third-order valence-corrected chi connectivity index (χ3v) is 3.42. The summed E-state index contributed by atoms with van der Waals surface area (Å²) in [6.45, 7) is 6.98. The van der Waals surface area contributed by atoms with E-state index in [0.717, 1.165) is 19.5 Å². The van der Waals surface area contributed by atoms with Gasteiger partial charge in [-0.2, -0.15) is 0 Å². The Labute approximate surface area is 95.6 Å². The molecule has 5 heteroatoms. The molecule has 90 valence electrons. The topological polar surface area (TPSA) is 61.4 Å². The fourth-order valence-corrected chi connectivity index (χ4v) is 1.95. The number of hydrogen-bond donors (Lipinski definition) is 2. The Bertz CT molecular complexity index is 308. The van der Waals surface area contributed by atoms with Crippen molar-refractivity contribution in [3.05, 3.63) is 0 Å². The summed E-state index contributed by atoms with van der Waals surface area (Å²) in [6.07, 6.45) is 0.966. The highest BCUT2D eigenvalue weighted by atomic mass is 16.2. The van der Waals surface area contributed by atoms with E-state index in [1.807, 2.05) is 0 Å². The van der Waals surface area contributed by atoms with E-state index in [4.69, 9.17) is 0 Å². The van der Waals surface area contributed by atoms with Crippen molar-refractivity contribution in [1.29, 1.82) is 0 Å². The fourth-order valence-electron chi connectivity index (χ4n) is 1.95. The first-order valence-corrected chi connectivity index (χ1v) is 5.81. The van der Waals surface area contributed by atoms with Gasteiger partial charge in [-0.25, -0.2) is 0 Å². The van der Waals surface area contributed by atoms with Gasteiger partial charge in [-0.15, -0.1) is 0 Å². The van der Waals surface area contributed by atoms with Gasteiger partial charge >= 0.3 is 11.8 Å². The highest BCUT2D eigenvalue weighted by molar-refractivity contribution is 6.35. The summed E-state index contributed by atoms with van der Waals surface area (Å²) in [4.78, 5) is 25.0. The maximum Gasteiger partial charge on any atom is 0.311 e. The van der Waals surface area contributed by atoms with Crippen LogP contribution in [0.15, 0.2) is 0 Å². The molecule has 2 fully saturated rings. The lowest BCUT2D eigenvalue weighted by atomic mass is 10.2. The smallest absolute Gasteiger partial charge is 0.311 e. The highest BCUT2D eigenvalue weighted by Crippen LogP contribution is 2.44. The highest BCUT2D eigenvalue weighted by Gasteiger charge is 2.47. The molecule has 16 heavy (non-hydrogen) atoms. The Morgan fingerprint density at radius 2 is 1.88 bits per heavy atom. The van der Waals surface area contributed by atoms with Crippen molar-refractivity contribution < 1.29 is 9.59 Å². The molecule has 1 saturated heterocycles. The number of nitrogens with zero attached hydrogens (tertiary/aromatic N) is 1. The quantitative estimate of drug-likeness (QED) is 0.582. The molecule has 1 saturated carbocycles. The predicted octanol–water partition coefficient (Wildman–Crippen LogP) is -0.667. The van der Waals surface area contributed by atoms with Crippen LogP contribution in [0.5, 0.6) is 0 Å². The summed E-state index contributed by atoms with van der Waals surface area (Å²) < 4.78 is 0. The van der Waals surface area contributed by atoms with E-state index in [1.54, 1.807) is 4.90 Å². The fraction of sp³-hybridized carbons (Fsp3) is 0.818. The van der Waals surface area contributed by atoms with E-state index < -0.39 is 5.91 Å². The van der Waals surface area contributed by atoms with E-state index in [-0.39, 0.29) is 17.4 Å². The Hall–Kier alpha value is -1.10. The van der Waals surface area contributed by atoms with Crippen molar-refractivity contribution in [3.63, 3.8) is 0 Å². The van der Waals surface area contributed by atoms with Crippen LogP contribution in [0, 0.1) is 5.41 Å². The van der Waals surface area contributed by atoms with E-state index in [0.29, 0.717) is 13.1 Å². The molecule has 0 aromatic rings. The molecular weight excluding hydrogens is 206 g/mol. The van der Waals surface area contributed by atoms with Crippen molar-refractivity contribution in [2.75, 3.05) is 26.2 Å². The molecule has 0 aromatic heterocycles. The number of nitrogens with one attached hydrogen (secondary N) is 2. The van der Waals surface area contributed by atoms with Crippen molar-refractivity contribution in [3.8, 4) is 0 Å². The minimum absolute atomic E-state index is 0.166. The van der Waals surface area contributed by atoms with Gasteiger partial charge in [0.1, 0.15) is 0 Å². The number of carbonyl (C=O) groups excluding carboxylic acids is 2. The van der Waals surface area contributed by atoms with Gasteiger partial charge < -0.3 is 15.5 Å². The molecule has 0 bridgehead atoms. The van der Waals surface area contributed by atoms with Crippen LogP contribution in [0.25, 0.3) is 0 Å². The third-order valence-electron chi connectivity index (χ3n) is 3.42. The van der Waals surface area contributed by atoms with Crippen LogP contribution < -0.4 is 10.6 Å². The number of piperazine rings is 1. The third kappa shape index (κ3) is 2.35. The molecule has 0 spiro atoms. The SMILES string of the molecule is CC1(C)CC1NC(=O)C(=O)N1CCNCC1. The van der Waals surface area contributed by atoms with Crippen LogP contribution in [-0.2, 0) is 9.59 Å².